The number of phenols is 1. The minimum atomic E-state index is -1.10. The van der Waals surface area contributed by atoms with E-state index in [1.807, 2.05) is 0 Å². The van der Waals surface area contributed by atoms with Crippen LogP contribution in [0.15, 0.2) is 18.2 Å². The van der Waals surface area contributed by atoms with Crippen molar-refractivity contribution in [3.05, 3.63) is 29.6 Å². The molecule has 0 heterocycles. The molecule has 0 aliphatic rings. The highest BCUT2D eigenvalue weighted by Gasteiger charge is 2.18. The van der Waals surface area contributed by atoms with Crippen molar-refractivity contribution < 1.29 is 19.4 Å². The summed E-state index contributed by atoms with van der Waals surface area (Å²) in [5.74, 6) is -2.42. The summed E-state index contributed by atoms with van der Waals surface area (Å²) in [5, 5.41) is 20.2. The van der Waals surface area contributed by atoms with E-state index >= 15 is 0 Å². The van der Waals surface area contributed by atoms with E-state index in [9.17, 15) is 9.18 Å². The number of benzene rings is 1. The fourth-order valence-electron chi connectivity index (χ4n) is 1.14. The predicted octanol–water partition coefficient (Wildman–Crippen LogP) is 0.876. The Morgan fingerprint density at radius 3 is 2.64 bits per heavy atom. The normalized spacial score (nSPS) is 12.4. The Kier molecular flexibility index (Phi) is 3.03. The smallest absolute Gasteiger partial charge is 0.325 e. The molecule has 0 aliphatic heterocycles. The molecule has 0 fully saturated rings. The number of carboxylic acids is 1. The van der Waals surface area contributed by atoms with Gasteiger partial charge in [0.15, 0.2) is 11.6 Å². The summed E-state index contributed by atoms with van der Waals surface area (Å²) in [4.78, 5) is 10.7. The largest absolute Gasteiger partial charge is 0.505 e. The first kappa shape index (κ1) is 10.5. The molecule has 0 saturated carbocycles. The first-order valence-electron chi connectivity index (χ1n) is 3.94. The van der Waals surface area contributed by atoms with Gasteiger partial charge in [-0.05, 0) is 24.7 Å². The summed E-state index contributed by atoms with van der Waals surface area (Å²) in [6, 6.07) is 2.50. The van der Waals surface area contributed by atoms with Crippen LogP contribution < -0.4 is 5.32 Å². The van der Waals surface area contributed by atoms with Gasteiger partial charge in [0.25, 0.3) is 0 Å². The molecule has 0 radical (unpaired) electrons. The van der Waals surface area contributed by atoms with Crippen LogP contribution in [0.2, 0.25) is 0 Å². The van der Waals surface area contributed by atoms with Gasteiger partial charge in [0.05, 0.1) is 0 Å². The molecule has 0 aromatic heterocycles. The lowest BCUT2D eigenvalue weighted by Crippen LogP contribution is -2.24. The summed E-state index contributed by atoms with van der Waals surface area (Å²) in [5.41, 5.74) is 0.260. The van der Waals surface area contributed by atoms with Gasteiger partial charge in [0.1, 0.15) is 6.04 Å². The van der Waals surface area contributed by atoms with E-state index in [0.29, 0.717) is 0 Å². The zero-order valence-electron chi connectivity index (χ0n) is 7.49. The van der Waals surface area contributed by atoms with Crippen LogP contribution in [0.3, 0.4) is 0 Å². The zero-order chi connectivity index (χ0) is 10.7. The number of halogens is 1. The minimum absolute atomic E-state index is 0.260. The molecule has 14 heavy (non-hydrogen) atoms. The maximum absolute atomic E-state index is 12.9. The van der Waals surface area contributed by atoms with Gasteiger partial charge in [-0.15, -0.1) is 0 Å². The van der Waals surface area contributed by atoms with Gasteiger partial charge in [-0.3, -0.25) is 4.79 Å². The summed E-state index contributed by atoms with van der Waals surface area (Å²) in [7, 11) is 1.46. The van der Waals surface area contributed by atoms with Crippen molar-refractivity contribution in [3.63, 3.8) is 0 Å². The molecule has 0 amide bonds. The van der Waals surface area contributed by atoms with Gasteiger partial charge in [-0.2, -0.15) is 0 Å². The van der Waals surface area contributed by atoms with Crippen LogP contribution in [0.5, 0.6) is 5.75 Å². The van der Waals surface area contributed by atoms with Crippen LogP contribution in [0.1, 0.15) is 11.6 Å². The lowest BCUT2D eigenvalue weighted by atomic mass is 10.1. The summed E-state index contributed by atoms with van der Waals surface area (Å²) < 4.78 is 12.9. The average Bonchev–Trinajstić information content (AvgIpc) is 2.11. The van der Waals surface area contributed by atoms with Crippen molar-refractivity contribution in [1.82, 2.24) is 5.32 Å². The van der Waals surface area contributed by atoms with E-state index in [4.69, 9.17) is 10.2 Å². The highest BCUT2D eigenvalue weighted by molar-refractivity contribution is 5.75. The first-order chi connectivity index (χ1) is 6.56. The third kappa shape index (κ3) is 2.00. The molecule has 0 spiro atoms. The maximum Gasteiger partial charge on any atom is 0.325 e. The van der Waals surface area contributed by atoms with E-state index in [0.717, 1.165) is 12.1 Å². The van der Waals surface area contributed by atoms with Crippen LogP contribution in [0, 0.1) is 5.82 Å². The number of likely N-dealkylation sites (N-methyl/N-ethyl adjacent to an activating group) is 1. The molecule has 76 valence electrons. The van der Waals surface area contributed by atoms with E-state index in [1.54, 1.807) is 0 Å². The SMILES string of the molecule is CN[C@H](C(=O)O)c1ccc(O)c(F)c1. The van der Waals surface area contributed by atoms with Crippen LogP contribution in [-0.2, 0) is 4.79 Å². The number of hydrogen-bond acceptors (Lipinski definition) is 3. The van der Waals surface area contributed by atoms with Crippen LogP contribution >= 0.6 is 0 Å². The molecule has 0 unspecified atom stereocenters. The number of carboxylic acid groups (broad SMARTS) is 1. The number of rotatable bonds is 3. The average molecular weight is 199 g/mol. The van der Waals surface area contributed by atoms with Crippen molar-refractivity contribution in [2.75, 3.05) is 7.05 Å². The van der Waals surface area contributed by atoms with Crippen molar-refractivity contribution in [3.8, 4) is 5.75 Å². The summed E-state index contributed by atoms with van der Waals surface area (Å²) >= 11 is 0. The molecule has 1 rings (SSSR count). The van der Waals surface area contributed by atoms with Crippen molar-refractivity contribution in [2.24, 2.45) is 0 Å². The van der Waals surface area contributed by atoms with Crippen LogP contribution in [-0.4, -0.2) is 23.2 Å². The Morgan fingerprint density at radius 1 is 1.57 bits per heavy atom. The highest BCUT2D eigenvalue weighted by atomic mass is 19.1. The van der Waals surface area contributed by atoms with E-state index < -0.39 is 23.6 Å². The first-order valence-corrected chi connectivity index (χ1v) is 3.94. The number of nitrogens with one attached hydrogen (secondary N) is 1. The van der Waals surface area contributed by atoms with Gasteiger partial charge >= 0.3 is 5.97 Å². The van der Waals surface area contributed by atoms with Gasteiger partial charge in [-0.25, -0.2) is 4.39 Å². The quantitative estimate of drug-likeness (QED) is 0.675. The third-order valence-electron chi connectivity index (χ3n) is 1.84. The van der Waals surface area contributed by atoms with E-state index in [-0.39, 0.29) is 5.56 Å². The Hall–Kier alpha value is -1.62. The number of carbonyl (C=O) groups is 1. The Balaban J connectivity index is 3.06. The summed E-state index contributed by atoms with van der Waals surface area (Å²) in [6.07, 6.45) is 0. The lowest BCUT2D eigenvalue weighted by molar-refractivity contribution is -0.139. The Bertz CT molecular complexity index is 354. The third-order valence-corrected chi connectivity index (χ3v) is 1.84. The molecule has 0 aliphatic carbocycles. The fraction of sp³-hybridized carbons (Fsp3) is 0.222. The van der Waals surface area contributed by atoms with E-state index in [1.165, 1.54) is 13.1 Å². The second kappa shape index (κ2) is 4.06. The zero-order valence-corrected chi connectivity index (χ0v) is 7.49. The number of aliphatic carboxylic acids is 1. The molecule has 4 nitrogen and oxygen atoms in total. The second-order valence-electron chi connectivity index (χ2n) is 2.77. The van der Waals surface area contributed by atoms with E-state index in [2.05, 4.69) is 5.32 Å². The Labute approximate surface area is 80.0 Å². The molecule has 1 aromatic rings. The predicted molar refractivity (Wildman–Crippen MR) is 47.5 cm³/mol. The minimum Gasteiger partial charge on any atom is -0.505 e. The van der Waals surface area contributed by atoms with Gasteiger partial charge in [0.2, 0.25) is 0 Å². The second-order valence-corrected chi connectivity index (χ2v) is 2.77. The molecule has 1 atom stereocenters. The number of aromatic hydroxyl groups is 1. The molecule has 1 aromatic carbocycles. The molecule has 5 heteroatoms. The van der Waals surface area contributed by atoms with Crippen molar-refractivity contribution in [2.45, 2.75) is 6.04 Å². The molecule has 0 saturated heterocycles. The molecular weight excluding hydrogens is 189 g/mol. The van der Waals surface area contributed by atoms with Gasteiger partial charge < -0.3 is 15.5 Å². The summed E-state index contributed by atoms with van der Waals surface area (Å²) in [6.45, 7) is 0. The fourth-order valence-corrected chi connectivity index (χ4v) is 1.14. The monoisotopic (exact) mass is 199 g/mol. The van der Waals surface area contributed by atoms with Crippen molar-refractivity contribution in [1.29, 1.82) is 0 Å². The number of hydrogen-bond donors (Lipinski definition) is 3. The number of phenolic OH excluding ortho intramolecular Hbond substituents is 1. The molecule has 3 N–H and O–H groups in total. The molecule has 0 bridgehead atoms. The standard InChI is InChI=1S/C9H10FNO3/c1-11-8(9(13)14)5-2-3-7(12)6(10)4-5/h2-4,8,11-12H,1H3,(H,13,14)/t8-/m0/s1. The van der Waals surface area contributed by atoms with Gasteiger partial charge in [-0.1, -0.05) is 6.07 Å². The van der Waals surface area contributed by atoms with Crippen molar-refractivity contribution >= 4 is 5.97 Å². The van der Waals surface area contributed by atoms with Crippen LogP contribution in [0.25, 0.3) is 0 Å². The Morgan fingerprint density at radius 2 is 2.21 bits per heavy atom. The topological polar surface area (TPSA) is 69.6 Å². The maximum atomic E-state index is 12.9. The highest BCUT2D eigenvalue weighted by Crippen LogP contribution is 2.20. The molecular formula is C9H10FNO3. The van der Waals surface area contributed by atoms with Gasteiger partial charge in [0, 0.05) is 0 Å². The van der Waals surface area contributed by atoms with Crippen LogP contribution in [0.4, 0.5) is 4.39 Å². The lowest BCUT2D eigenvalue weighted by Gasteiger charge is -2.11.